The van der Waals surface area contributed by atoms with Gasteiger partial charge in [-0.1, -0.05) is 6.92 Å². The van der Waals surface area contributed by atoms with E-state index in [0.29, 0.717) is 10.8 Å². The van der Waals surface area contributed by atoms with E-state index in [0.717, 1.165) is 31.0 Å². The van der Waals surface area contributed by atoms with Gasteiger partial charge in [-0.15, -0.1) is 0 Å². The molecule has 1 aliphatic heterocycles. The van der Waals surface area contributed by atoms with Gasteiger partial charge in [0.1, 0.15) is 5.82 Å². The van der Waals surface area contributed by atoms with Crippen LogP contribution in [-0.4, -0.2) is 29.2 Å². The smallest absolute Gasteiger partial charge is 0.123 e. The number of halogens is 1. The van der Waals surface area contributed by atoms with Crippen molar-refractivity contribution in [2.45, 2.75) is 31.6 Å². The second kappa shape index (κ2) is 5.93. The summed E-state index contributed by atoms with van der Waals surface area (Å²) in [6.07, 6.45) is 0.511. The van der Waals surface area contributed by atoms with Gasteiger partial charge in [0.15, 0.2) is 0 Å². The van der Waals surface area contributed by atoms with Crippen LogP contribution in [0.5, 0.6) is 0 Å². The number of rotatable bonds is 3. The minimum atomic E-state index is -0.634. The van der Waals surface area contributed by atoms with E-state index in [2.05, 4.69) is 11.8 Å². The lowest BCUT2D eigenvalue weighted by atomic mass is 10.1. The van der Waals surface area contributed by atoms with Crippen LogP contribution in [0.3, 0.4) is 0 Å². The number of aliphatic hydroxyl groups excluding tert-OH is 1. The molecule has 0 amide bonds. The largest absolute Gasteiger partial charge is 0.389 e. The molecule has 1 unspecified atom stereocenters. The molecule has 0 radical (unpaired) electrons. The summed E-state index contributed by atoms with van der Waals surface area (Å²) in [7, 11) is 0. The normalized spacial score (nSPS) is 22.0. The Bertz CT molecular complexity index is 411. The van der Waals surface area contributed by atoms with Gasteiger partial charge in [-0.3, -0.25) is 0 Å². The van der Waals surface area contributed by atoms with E-state index in [-0.39, 0.29) is 5.82 Å². The molecule has 1 saturated heterocycles. The number of hydrogen-bond donors (Lipinski definition) is 1. The van der Waals surface area contributed by atoms with Crippen molar-refractivity contribution in [3.8, 4) is 0 Å². The van der Waals surface area contributed by atoms with Crippen LogP contribution in [0, 0.1) is 5.82 Å². The average molecular weight is 269 g/mol. The molecule has 2 nitrogen and oxygen atoms in total. The first kappa shape index (κ1) is 13.7. The number of thioether (sulfide) groups is 1. The fraction of sp³-hybridized carbons (Fsp3) is 0.571. The monoisotopic (exact) mass is 269 g/mol. The molecule has 100 valence electrons. The molecule has 1 N–H and O–H groups in total. The lowest BCUT2D eigenvalue weighted by Gasteiger charge is -2.35. The van der Waals surface area contributed by atoms with Gasteiger partial charge in [0, 0.05) is 35.3 Å². The zero-order valence-electron chi connectivity index (χ0n) is 10.9. The quantitative estimate of drug-likeness (QED) is 0.911. The third-order valence-electron chi connectivity index (χ3n) is 3.37. The molecule has 0 bridgehead atoms. The van der Waals surface area contributed by atoms with E-state index < -0.39 is 6.10 Å². The lowest BCUT2D eigenvalue weighted by Crippen LogP contribution is -2.38. The van der Waals surface area contributed by atoms with Crippen molar-refractivity contribution >= 4 is 17.4 Å². The molecule has 4 heteroatoms. The first-order valence-corrected chi connectivity index (χ1v) is 7.50. The lowest BCUT2D eigenvalue weighted by molar-refractivity contribution is 0.199. The van der Waals surface area contributed by atoms with Crippen LogP contribution in [0.15, 0.2) is 18.2 Å². The molecule has 0 aromatic heterocycles. The van der Waals surface area contributed by atoms with E-state index in [4.69, 9.17) is 0 Å². The van der Waals surface area contributed by atoms with Crippen molar-refractivity contribution in [2.75, 3.05) is 23.7 Å². The van der Waals surface area contributed by atoms with Gasteiger partial charge in [0.05, 0.1) is 6.10 Å². The van der Waals surface area contributed by atoms with E-state index >= 15 is 0 Å². The van der Waals surface area contributed by atoms with Crippen LogP contribution < -0.4 is 4.90 Å². The minimum absolute atomic E-state index is 0.284. The maximum atomic E-state index is 13.3. The fourth-order valence-corrected chi connectivity index (χ4v) is 3.51. The van der Waals surface area contributed by atoms with Crippen molar-refractivity contribution in [3.63, 3.8) is 0 Å². The summed E-state index contributed by atoms with van der Waals surface area (Å²) in [5.41, 5.74) is 1.67. The van der Waals surface area contributed by atoms with Crippen molar-refractivity contribution in [3.05, 3.63) is 29.6 Å². The van der Waals surface area contributed by atoms with Gasteiger partial charge < -0.3 is 10.0 Å². The van der Waals surface area contributed by atoms with Gasteiger partial charge >= 0.3 is 0 Å². The molecule has 2 rings (SSSR count). The van der Waals surface area contributed by atoms with Gasteiger partial charge in [0.25, 0.3) is 0 Å². The van der Waals surface area contributed by atoms with Crippen LogP contribution >= 0.6 is 11.8 Å². The zero-order chi connectivity index (χ0) is 13.1. The van der Waals surface area contributed by atoms with Gasteiger partial charge in [-0.25, -0.2) is 4.39 Å². The van der Waals surface area contributed by atoms with Crippen LogP contribution in [-0.2, 0) is 0 Å². The van der Waals surface area contributed by atoms with Gasteiger partial charge in [0.2, 0.25) is 0 Å². The van der Waals surface area contributed by atoms with E-state index in [9.17, 15) is 9.50 Å². The van der Waals surface area contributed by atoms with E-state index in [1.54, 1.807) is 13.0 Å². The van der Waals surface area contributed by atoms with Crippen LogP contribution in [0.4, 0.5) is 10.1 Å². The number of aliphatic hydroxyl groups is 1. The first-order chi connectivity index (χ1) is 8.61. The molecular weight excluding hydrogens is 249 g/mol. The van der Waals surface area contributed by atoms with Crippen molar-refractivity contribution in [2.24, 2.45) is 0 Å². The Morgan fingerprint density at radius 2 is 2.33 bits per heavy atom. The fourth-order valence-electron chi connectivity index (χ4n) is 2.33. The number of nitrogens with zero attached hydrogens (tertiary/aromatic N) is 1. The Morgan fingerprint density at radius 3 is 3.00 bits per heavy atom. The molecule has 0 spiro atoms. The highest BCUT2D eigenvalue weighted by molar-refractivity contribution is 8.00. The molecule has 18 heavy (non-hydrogen) atoms. The molecule has 1 aromatic carbocycles. The average Bonchev–Trinajstić information content (AvgIpc) is 2.38. The topological polar surface area (TPSA) is 23.5 Å². The van der Waals surface area contributed by atoms with Crippen molar-refractivity contribution < 1.29 is 9.50 Å². The van der Waals surface area contributed by atoms with Crippen LogP contribution in [0.25, 0.3) is 0 Å². The SMILES string of the molecule is CCC1CN(c2ccc(F)cc2[C@@H](C)O)CCS1. The van der Waals surface area contributed by atoms with Crippen LogP contribution in [0.1, 0.15) is 31.9 Å². The third kappa shape index (κ3) is 2.98. The molecule has 1 aliphatic rings. The summed E-state index contributed by atoms with van der Waals surface area (Å²) in [5.74, 6) is 0.808. The summed E-state index contributed by atoms with van der Waals surface area (Å²) in [5, 5.41) is 10.4. The predicted molar refractivity (Wildman–Crippen MR) is 75.8 cm³/mol. The number of benzene rings is 1. The Hall–Kier alpha value is -0.740. The second-order valence-corrected chi connectivity index (χ2v) is 6.13. The number of hydrogen-bond acceptors (Lipinski definition) is 3. The molecule has 0 aliphatic carbocycles. The Balaban J connectivity index is 2.26. The highest BCUT2D eigenvalue weighted by Crippen LogP contribution is 2.31. The summed E-state index contributed by atoms with van der Waals surface area (Å²) in [6.45, 7) is 5.83. The highest BCUT2D eigenvalue weighted by Gasteiger charge is 2.22. The Kier molecular flexibility index (Phi) is 4.51. The summed E-state index contributed by atoms with van der Waals surface area (Å²) >= 11 is 2.00. The number of anilines is 1. The van der Waals surface area contributed by atoms with Crippen molar-refractivity contribution in [1.82, 2.24) is 0 Å². The van der Waals surface area contributed by atoms with Gasteiger partial charge in [-0.2, -0.15) is 11.8 Å². The Labute approximate surface area is 112 Å². The molecule has 1 heterocycles. The summed E-state index contributed by atoms with van der Waals surface area (Å²) < 4.78 is 13.3. The Morgan fingerprint density at radius 1 is 1.56 bits per heavy atom. The third-order valence-corrected chi connectivity index (χ3v) is 4.75. The molecular formula is C14H20FNOS. The highest BCUT2D eigenvalue weighted by atomic mass is 32.2. The predicted octanol–water partition coefficient (Wildman–Crippen LogP) is 3.21. The van der Waals surface area contributed by atoms with Crippen molar-refractivity contribution in [1.29, 1.82) is 0 Å². The standard InChI is InChI=1S/C14H20FNOS/c1-3-12-9-16(6-7-18-12)14-5-4-11(15)8-13(14)10(2)17/h4-5,8,10,12,17H,3,6-7,9H2,1-2H3/t10-,12?/m1/s1. The zero-order valence-corrected chi connectivity index (χ0v) is 11.7. The summed E-state index contributed by atoms with van der Waals surface area (Å²) in [6, 6.07) is 4.71. The first-order valence-electron chi connectivity index (χ1n) is 6.46. The molecule has 0 saturated carbocycles. The molecule has 1 aromatic rings. The van der Waals surface area contributed by atoms with Gasteiger partial charge in [-0.05, 0) is 31.5 Å². The molecule has 2 atom stereocenters. The minimum Gasteiger partial charge on any atom is -0.389 e. The second-order valence-electron chi connectivity index (χ2n) is 4.73. The maximum absolute atomic E-state index is 13.3. The van der Waals surface area contributed by atoms with Crippen LogP contribution in [0.2, 0.25) is 0 Å². The maximum Gasteiger partial charge on any atom is 0.123 e. The van der Waals surface area contributed by atoms with E-state index in [1.807, 2.05) is 11.8 Å². The summed E-state index contributed by atoms with van der Waals surface area (Å²) in [4.78, 5) is 2.27. The van der Waals surface area contributed by atoms with E-state index in [1.165, 1.54) is 12.1 Å². The molecule has 1 fully saturated rings.